The van der Waals surface area contributed by atoms with Crippen molar-refractivity contribution >= 4 is 34.4 Å². The van der Waals surface area contributed by atoms with E-state index in [0.717, 1.165) is 11.5 Å². The Morgan fingerprint density at radius 2 is 2.00 bits per heavy atom. The molecule has 0 saturated carbocycles. The van der Waals surface area contributed by atoms with Gasteiger partial charge in [-0.3, -0.25) is 0 Å². The summed E-state index contributed by atoms with van der Waals surface area (Å²) in [6, 6.07) is 0. The van der Waals surface area contributed by atoms with Crippen LogP contribution >= 0.6 is 24.4 Å². The molecule has 3 nitrogen and oxygen atoms in total. The van der Waals surface area contributed by atoms with E-state index in [1.165, 1.54) is 0 Å². The highest BCUT2D eigenvalue weighted by Gasteiger charge is 2.36. The highest BCUT2D eigenvalue weighted by molar-refractivity contribution is 8.00. The monoisotopic (exact) mass is 269 g/mol. The molecule has 1 rings (SSSR count). The molecule has 0 amide bonds. The van der Waals surface area contributed by atoms with Crippen LogP contribution in [0.25, 0.3) is 0 Å². The molecule has 1 unspecified atom stereocenters. The van der Waals surface area contributed by atoms with Crippen molar-refractivity contribution < 1.29 is 8.42 Å². The second-order valence-electron chi connectivity index (χ2n) is 4.70. The molecule has 0 bridgehead atoms. The molecule has 15 heavy (non-hydrogen) atoms. The molecule has 0 aromatic heterocycles. The van der Waals surface area contributed by atoms with Gasteiger partial charge in [-0.2, -0.15) is 28.7 Å². The molecular formula is C9H19NO2S3. The summed E-state index contributed by atoms with van der Waals surface area (Å²) in [6.45, 7) is 6.38. The Bertz CT molecular complexity index is 308. The maximum absolute atomic E-state index is 12.2. The third-order valence-electron chi connectivity index (χ3n) is 2.32. The molecule has 1 aliphatic heterocycles. The minimum absolute atomic E-state index is 0.148. The predicted molar refractivity (Wildman–Crippen MR) is 70.3 cm³/mol. The lowest BCUT2D eigenvalue weighted by atomic mass is 10.3. The first-order valence-corrected chi connectivity index (χ1v) is 8.12. The van der Waals surface area contributed by atoms with Gasteiger partial charge in [-0.05, 0) is 20.8 Å². The first kappa shape index (κ1) is 13.7. The first-order valence-electron chi connectivity index (χ1n) is 5.00. The van der Waals surface area contributed by atoms with Crippen molar-refractivity contribution in [3.05, 3.63) is 0 Å². The zero-order valence-electron chi connectivity index (χ0n) is 9.43. The Hall–Kier alpha value is 0.610. The SMILES string of the molecule is CC(C)(C)S(=O)(=O)N1CCSCC(S)C1. The molecule has 1 aliphatic rings. The summed E-state index contributed by atoms with van der Waals surface area (Å²) >= 11 is 6.16. The van der Waals surface area contributed by atoms with E-state index in [9.17, 15) is 8.42 Å². The Morgan fingerprint density at radius 3 is 2.53 bits per heavy atom. The van der Waals surface area contributed by atoms with E-state index in [1.54, 1.807) is 36.8 Å². The maximum atomic E-state index is 12.2. The van der Waals surface area contributed by atoms with E-state index in [0.29, 0.717) is 13.1 Å². The van der Waals surface area contributed by atoms with E-state index < -0.39 is 14.8 Å². The van der Waals surface area contributed by atoms with Crippen molar-refractivity contribution in [1.29, 1.82) is 0 Å². The van der Waals surface area contributed by atoms with E-state index in [2.05, 4.69) is 12.6 Å². The van der Waals surface area contributed by atoms with Gasteiger partial charge in [0.15, 0.2) is 0 Å². The number of thiol groups is 1. The highest BCUT2D eigenvalue weighted by atomic mass is 32.2. The fraction of sp³-hybridized carbons (Fsp3) is 1.00. The van der Waals surface area contributed by atoms with E-state index in [1.807, 2.05) is 0 Å². The molecule has 0 spiro atoms. The first-order chi connectivity index (χ1) is 6.75. The van der Waals surface area contributed by atoms with Crippen molar-refractivity contribution in [2.45, 2.75) is 30.8 Å². The molecule has 90 valence electrons. The minimum Gasteiger partial charge on any atom is -0.212 e. The number of hydrogen-bond donors (Lipinski definition) is 1. The van der Waals surface area contributed by atoms with Crippen LogP contribution in [0.1, 0.15) is 20.8 Å². The molecule has 0 N–H and O–H groups in total. The molecule has 1 fully saturated rings. The number of hydrogen-bond acceptors (Lipinski definition) is 4. The van der Waals surface area contributed by atoms with E-state index in [4.69, 9.17) is 0 Å². The molecule has 0 radical (unpaired) electrons. The van der Waals surface area contributed by atoms with Crippen LogP contribution in [0.2, 0.25) is 0 Å². The Labute approximate surface area is 102 Å². The van der Waals surface area contributed by atoms with Gasteiger partial charge < -0.3 is 0 Å². The van der Waals surface area contributed by atoms with Crippen LogP contribution in [-0.4, -0.2) is 47.3 Å². The Balaban J connectivity index is 2.86. The second-order valence-corrected chi connectivity index (χ2v) is 9.28. The standard InChI is InChI=1S/C9H19NO2S3/c1-9(2,3)15(11,12)10-4-5-14-7-8(13)6-10/h8,13H,4-7H2,1-3H3. The van der Waals surface area contributed by atoms with E-state index >= 15 is 0 Å². The fourth-order valence-corrected chi connectivity index (χ4v) is 4.49. The van der Waals surface area contributed by atoms with Gasteiger partial charge in [0.25, 0.3) is 0 Å². The maximum Gasteiger partial charge on any atom is 0.219 e. The lowest BCUT2D eigenvalue weighted by molar-refractivity contribution is 0.418. The van der Waals surface area contributed by atoms with Gasteiger partial charge >= 0.3 is 0 Å². The van der Waals surface area contributed by atoms with Crippen LogP contribution in [0.5, 0.6) is 0 Å². The predicted octanol–water partition coefficient (Wildman–Crippen LogP) is 1.46. The second kappa shape index (κ2) is 4.85. The Morgan fingerprint density at radius 1 is 1.40 bits per heavy atom. The molecule has 0 aromatic carbocycles. The van der Waals surface area contributed by atoms with E-state index in [-0.39, 0.29) is 5.25 Å². The average molecular weight is 269 g/mol. The summed E-state index contributed by atoms with van der Waals surface area (Å²) in [7, 11) is -3.18. The van der Waals surface area contributed by atoms with Crippen molar-refractivity contribution in [2.24, 2.45) is 0 Å². The molecule has 1 atom stereocenters. The highest BCUT2D eigenvalue weighted by Crippen LogP contribution is 2.24. The van der Waals surface area contributed by atoms with Crippen molar-refractivity contribution in [2.75, 3.05) is 24.6 Å². The third-order valence-corrected chi connectivity index (χ3v) is 6.58. The quantitative estimate of drug-likeness (QED) is 0.732. The summed E-state index contributed by atoms with van der Waals surface area (Å²) in [4.78, 5) is 0. The van der Waals surface area contributed by atoms with Gasteiger partial charge in [0.1, 0.15) is 0 Å². The van der Waals surface area contributed by atoms with Crippen molar-refractivity contribution in [1.82, 2.24) is 4.31 Å². The number of nitrogens with zero attached hydrogens (tertiary/aromatic N) is 1. The molecule has 1 saturated heterocycles. The molecule has 6 heteroatoms. The molecular weight excluding hydrogens is 250 g/mol. The molecule has 1 heterocycles. The summed E-state index contributed by atoms with van der Waals surface area (Å²) in [5.41, 5.74) is 0. The summed E-state index contributed by atoms with van der Waals surface area (Å²) in [6.07, 6.45) is 0. The fourth-order valence-electron chi connectivity index (χ4n) is 1.37. The number of sulfonamides is 1. The number of rotatable bonds is 1. The normalized spacial score (nSPS) is 26.3. The summed E-state index contributed by atoms with van der Waals surface area (Å²) in [5, 5.41) is 0.148. The van der Waals surface area contributed by atoms with Gasteiger partial charge in [-0.25, -0.2) is 8.42 Å². The van der Waals surface area contributed by atoms with Gasteiger partial charge in [0.2, 0.25) is 10.0 Å². The van der Waals surface area contributed by atoms with Gasteiger partial charge in [-0.15, -0.1) is 0 Å². The third kappa shape index (κ3) is 3.28. The van der Waals surface area contributed by atoms with Crippen LogP contribution < -0.4 is 0 Å². The largest absolute Gasteiger partial charge is 0.219 e. The van der Waals surface area contributed by atoms with Crippen LogP contribution in [0.3, 0.4) is 0 Å². The smallest absolute Gasteiger partial charge is 0.212 e. The lowest BCUT2D eigenvalue weighted by Gasteiger charge is -2.29. The van der Waals surface area contributed by atoms with Gasteiger partial charge in [0.05, 0.1) is 4.75 Å². The topological polar surface area (TPSA) is 37.4 Å². The minimum atomic E-state index is -3.18. The number of thioether (sulfide) groups is 1. The molecule has 0 aromatic rings. The molecule has 0 aliphatic carbocycles. The summed E-state index contributed by atoms with van der Waals surface area (Å²) in [5.74, 6) is 1.80. The van der Waals surface area contributed by atoms with Gasteiger partial charge in [-0.1, -0.05) is 0 Å². The summed E-state index contributed by atoms with van der Waals surface area (Å²) < 4.78 is 25.3. The van der Waals surface area contributed by atoms with Gasteiger partial charge in [0, 0.05) is 29.8 Å². The van der Waals surface area contributed by atoms with Crippen LogP contribution in [0.15, 0.2) is 0 Å². The Kier molecular flexibility index (Phi) is 4.43. The van der Waals surface area contributed by atoms with Crippen molar-refractivity contribution in [3.63, 3.8) is 0 Å². The van der Waals surface area contributed by atoms with Crippen molar-refractivity contribution in [3.8, 4) is 0 Å². The lowest BCUT2D eigenvalue weighted by Crippen LogP contribution is -2.45. The average Bonchev–Trinajstić information content (AvgIpc) is 2.27. The zero-order chi connectivity index (χ0) is 11.7. The van der Waals surface area contributed by atoms with Crippen LogP contribution in [0, 0.1) is 0 Å². The zero-order valence-corrected chi connectivity index (χ0v) is 12.0. The van der Waals surface area contributed by atoms with Crippen LogP contribution in [0.4, 0.5) is 0 Å². The van der Waals surface area contributed by atoms with Crippen LogP contribution in [-0.2, 0) is 10.0 Å².